The summed E-state index contributed by atoms with van der Waals surface area (Å²) < 4.78 is 0. The summed E-state index contributed by atoms with van der Waals surface area (Å²) in [5, 5.41) is 5.33. The maximum absolute atomic E-state index is 10.8. The third-order valence-corrected chi connectivity index (χ3v) is 1.49. The molecule has 0 saturated carbocycles. The first-order chi connectivity index (χ1) is 6.22. The molecule has 70 valence electrons. The fraction of sp³-hybridized carbons (Fsp3) is 0.375. The summed E-state index contributed by atoms with van der Waals surface area (Å²) in [6.45, 7) is 2.07. The fourth-order valence-corrected chi connectivity index (χ4v) is 0.743. The molecule has 0 bridgehead atoms. The average Bonchev–Trinajstić information content (AvgIpc) is 2.16. The topological polar surface area (TPSA) is 66.9 Å². The predicted molar refractivity (Wildman–Crippen MR) is 49.3 cm³/mol. The van der Waals surface area contributed by atoms with Crippen LogP contribution in [0.15, 0.2) is 12.4 Å². The number of amides is 1. The number of anilines is 1. The van der Waals surface area contributed by atoms with Crippen molar-refractivity contribution in [1.29, 1.82) is 0 Å². The van der Waals surface area contributed by atoms with Crippen molar-refractivity contribution in [3.63, 3.8) is 0 Å². The highest BCUT2D eigenvalue weighted by Crippen LogP contribution is 1.98. The molecular formula is C8H12N4O. The maximum atomic E-state index is 10.8. The molecule has 0 unspecified atom stereocenters. The Morgan fingerprint density at radius 3 is 2.77 bits per heavy atom. The molecule has 1 aromatic rings. The molecule has 0 aromatic carbocycles. The van der Waals surface area contributed by atoms with Crippen molar-refractivity contribution in [2.24, 2.45) is 0 Å². The zero-order chi connectivity index (χ0) is 9.68. The van der Waals surface area contributed by atoms with Crippen molar-refractivity contribution in [2.45, 2.75) is 6.92 Å². The van der Waals surface area contributed by atoms with Crippen LogP contribution < -0.4 is 10.6 Å². The summed E-state index contributed by atoms with van der Waals surface area (Å²) in [5.41, 5.74) is 0.852. The second kappa shape index (κ2) is 4.39. The SMILES string of the molecule is CNC(=O)CNc1cnc(C)cn1. The molecule has 1 amide bonds. The number of hydrogen-bond donors (Lipinski definition) is 2. The largest absolute Gasteiger partial charge is 0.360 e. The van der Waals surface area contributed by atoms with Crippen LogP contribution in [0, 0.1) is 6.92 Å². The number of rotatable bonds is 3. The minimum atomic E-state index is -0.0811. The first-order valence-corrected chi connectivity index (χ1v) is 3.95. The molecular weight excluding hydrogens is 168 g/mol. The number of aryl methyl sites for hydroxylation is 1. The number of carbonyl (C=O) groups is 1. The Morgan fingerprint density at radius 2 is 2.23 bits per heavy atom. The Kier molecular flexibility index (Phi) is 3.19. The van der Waals surface area contributed by atoms with Gasteiger partial charge in [-0.05, 0) is 6.92 Å². The number of nitrogens with one attached hydrogen (secondary N) is 2. The van der Waals surface area contributed by atoms with Gasteiger partial charge in [-0.15, -0.1) is 0 Å². The van der Waals surface area contributed by atoms with Gasteiger partial charge in [0, 0.05) is 7.05 Å². The lowest BCUT2D eigenvalue weighted by atomic mass is 10.5. The minimum absolute atomic E-state index is 0.0811. The summed E-state index contributed by atoms with van der Waals surface area (Å²) in [4.78, 5) is 18.9. The molecule has 1 heterocycles. The highest BCUT2D eigenvalue weighted by molar-refractivity contribution is 5.79. The molecule has 0 saturated heterocycles. The zero-order valence-electron chi connectivity index (χ0n) is 7.66. The maximum Gasteiger partial charge on any atom is 0.239 e. The number of likely N-dealkylation sites (N-methyl/N-ethyl adjacent to an activating group) is 1. The van der Waals surface area contributed by atoms with Crippen LogP contribution in [0.2, 0.25) is 0 Å². The van der Waals surface area contributed by atoms with E-state index in [-0.39, 0.29) is 12.5 Å². The van der Waals surface area contributed by atoms with E-state index in [0.29, 0.717) is 5.82 Å². The summed E-state index contributed by atoms with van der Waals surface area (Å²) in [7, 11) is 1.59. The predicted octanol–water partition coefficient (Wildman–Crippen LogP) is -0.0571. The van der Waals surface area contributed by atoms with Gasteiger partial charge in [0.2, 0.25) is 5.91 Å². The molecule has 5 nitrogen and oxygen atoms in total. The first kappa shape index (κ1) is 9.44. The summed E-state index contributed by atoms with van der Waals surface area (Å²) >= 11 is 0. The molecule has 0 spiro atoms. The van der Waals surface area contributed by atoms with Gasteiger partial charge in [-0.3, -0.25) is 9.78 Å². The van der Waals surface area contributed by atoms with Crippen molar-refractivity contribution in [1.82, 2.24) is 15.3 Å². The first-order valence-electron chi connectivity index (χ1n) is 3.95. The molecule has 0 aliphatic carbocycles. The molecule has 0 aliphatic heterocycles. The highest BCUT2D eigenvalue weighted by Gasteiger charge is 1.97. The van der Waals surface area contributed by atoms with E-state index in [9.17, 15) is 4.79 Å². The van der Waals surface area contributed by atoms with Gasteiger partial charge in [-0.25, -0.2) is 4.98 Å². The van der Waals surface area contributed by atoms with Gasteiger partial charge in [0.25, 0.3) is 0 Å². The zero-order valence-corrected chi connectivity index (χ0v) is 7.66. The second-order valence-electron chi connectivity index (χ2n) is 2.57. The van der Waals surface area contributed by atoms with Gasteiger partial charge >= 0.3 is 0 Å². The number of carbonyl (C=O) groups excluding carboxylic acids is 1. The molecule has 13 heavy (non-hydrogen) atoms. The van der Waals surface area contributed by atoms with Crippen LogP contribution in [0.1, 0.15) is 5.69 Å². The van der Waals surface area contributed by atoms with E-state index in [0.717, 1.165) is 5.69 Å². The van der Waals surface area contributed by atoms with Crippen molar-refractivity contribution in [3.8, 4) is 0 Å². The molecule has 1 rings (SSSR count). The molecule has 0 radical (unpaired) electrons. The highest BCUT2D eigenvalue weighted by atomic mass is 16.1. The third kappa shape index (κ3) is 3.06. The molecule has 0 fully saturated rings. The third-order valence-electron chi connectivity index (χ3n) is 1.49. The van der Waals surface area contributed by atoms with Gasteiger partial charge in [0.15, 0.2) is 0 Å². The number of aromatic nitrogens is 2. The van der Waals surface area contributed by atoms with Crippen molar-refractivity contribution >= 4 is 11.7 Å². The van der Waals surface area contributed by atoms with E-state index in [1.54, 1.807) is 19.4 Å². The van der Waals surface area contributed by atoms with Gasteiger partial charge in [0.1, 0.15) is 5.82 Å². The Bertz CT molecular complexity index is 283. The van der Waals surface area contributed by atoms with Gasteiger partial charge in [0.05, 0.1) is 24.6 Å². The smallest absolute Gasteiger partial charge is 0.239 e. The van der Waals surface area contributed by atoms with Crippen LogP contribution >= 0.6 is 0 Å². The monoisotopic (exact) mass is 180 g/mol. The minimum Gasteiger partial charge on any atom is -0.360 e. The van der Waals surface area contributed by atoms with Crippen LogP contribution in [0.3, 0.4) is 0 Å². The lowest BCUT2D eigenvalue weighted by Gasteiger charge is -2.03. The van der Waals surface area contributed by atoms with E-state index in [1.165, 1.54) is 0 Å². The van der Waals surface area contributed by atoms with Crippen LogP contribution in [0.5, 0.6) is 0 Å². The van der Waals surface area contributed by atoms with Crippen LogP contribution in [-0.4, -0.2) is 29.5 Å². The Balaban J connectivity index is 2.46. The quantitative estimate of drug-likeness (QED) is 0.684. The van der Waals surface area contributed by atoms with Gasteiger partial charge in [-0.1, -0.05) is 0 Å². The lowest BCUT2D eigenvalue weighted by Crippen LogP contribution is -2.26. The van der Waals surface area contributed by atoms with E-state index < -0.39 is 0 Å². The van der Waals surface area contributed by atoms with Crippen molar-refractivity contribution in [3.05, 3.63) is 18.1 Å². The normalized spacial score (nSPS) is 9.38. The Labute approximate surface area is 76.6 Å². The summed E-state index contributed by atoms with van der Waals surface area (Å²) in [6.07, 6.45) is 3.24. The molecule has 5 heteroatoms. The van der Waals surface area contributed by atoms with Crippen LogP contribution in [0.4, 0.5) is 5.82 Å². The van der Waals surface area contributed by atoms with E-state index >= 15 is 0 Å². The molecule has 0 atom stereocenters. The molecule has 2 N–H and O–H groups in total. The van der Waals surface area contributed by atoms with Crippen molar-refractivity contribution in [2.75, 3.05) is 18.9 Å². The Hall–Kier alpha value is -1.65. The van der Waals surface area contributed by atoms with Crippen LogP contribution in [-0.2, 0) is 4.79 Å². The number of hydrogen-bond acceptors (Lipinski definition) is 4. The Morgan fingerprint density at radius 1 is 1.46 bits per heavy atom. The van der Waals surface area contributed by atoms with Crippen molar-refractivity contribution < 1.29 is 4.79 Å². The van der Waals surface area contributed by atoms with E-state index in [2.05, 4.69) is 20.6 Å². The van der Waals surface area contributed by atoms with Gasteiger partial charge < -0.3 is 10.6 Å². The molecule has 0 aliphatic rings. The van der Waals surface area contributed by atoms with E-state index in [4.69, 9.17) is 0 Å². The standard InChI is InChI=1S/C8H12N4O/c1-6-3-11-7(4-10-6)12-5-8(13)9-2/h3-4H,5H2,1-2H3,(H,9,13)(H,11,12). The summed E-state index contributed by atoms with van der Waals surface area (Å²) in [6, 6.07) is 0. The average molecular weight is 180 g/mol. The fourth-order valence-electron chi connectivity index (χ4n) is 0.743. The van der Waals surface area contributed by atoms with E-state index in [1.807, 2.05) is 6.92 Å². The van der Waals surface area contributed by atoms with Gasteiger partial charge in [-0.2, -0.15) is 0 Å². The molecule has 1 aromatic heterocycles. The number of nitrogens with zero attached hydrogens (tertiary/aromatic N) is 2. The second-order valence-corrected chi connectivity index (χ2v) is 2.57. The summed E-state index contributed by atoms with van der Waals surface area (Å²) in [5.74, 6) is 0.525. The lowest BCUT2D eigenvalue weighted by molar-refractivity contribution is -0.118. The van der Waals surface area contributed by atoms with Crippen LogP contribution in [0.25, 0.3) is 0 Å².